The van der Waals surface area contributed by atoms with Crippen molar-refractivity contribution in [3.8, 4) is 5.75 Å². The molecule has 0 aromatic heterocycles. The molecule has 0 aliphatic carbocycles. The Morgan fingerprint density at radius 2 is 2.10 bits per heavy atom. The molecule has 0 fully saturated rings. The second kappa shape index (κ2) is 6.85. The molecule has 20 heavy (non-hydrogen) atoms. The fraction of sp³-hybridized carbons (Fsp3) is 0.462. The van der Waals surface area contributed by atoms with Gasteiger partial charge in [-0.2, -0.15) is 0 Å². The summed E-state index contributed by atoms with van der Waals surface area (Å²) in [6.45, 7) is 3.45. The Bertz CT molecular complexity index is 516. The molecule has 110 valence electrons. The molecular formula is C13H18N2O5. The number of carbonyl (C=O) groups is 1. The predicted molar refractivity (Wildman–Crippen MR) is 72.9 cm³/mol. The molecule has 1 unspecified atom stereocenters. The molecule has 1 rings (SSSR count). The number of hydrogen-bond acceptors (Lipinski definition) is 6. The van der Waals surface area contributed by atoms with Gasteiger partial charge in [0.15, 0.2) is 5.75 Å². The van der Waals surface area contributed by atoms with Gasteiger partial charge in [-0.25, -0.2) is 0 Å². The third-order valence-electron chi connectivity index (χ3n) is 2.82. The quantitative estimate of drug-likeness (QED) is 0.481. The molecule has 1 atom stereocenters. The highest BCUT2D eigenvalue weighted by Crippen LogP contribution is 2.32. The van der Waals surface area contributed by atoms with Gasteiger partial charge >= 0.3 is 11.7 Å². The summed E-state index contributed by atoms with van der Waals surface area (Å²) in [7, 11) is 2.85. The summed E-state index contributed by atoms with van der Waals surface area (Å²) >= 11 is 0. The van der Waals surface area contributed by atoms with E-state index in [-0.39, 0.29) is 18.0 Å². The van der Waals surface area contributed by atoms with Crippen molar-refractivity contribution in [1.82, 2.24) is 5.32 Å². The Balaban J connectivity index is 2.97. The Hall–Kier alpha value is -2.15. The Kier molecular flexibility index (Phi) is 5.45. The number of ether oxygens (including phenoxy) is 2. The first-order chi connectivity index (χ1) is 9.40. The first-order valence-electron chi connectivity index (χ1n) is 6.04. The molecule has 0 saturated heterocycles. The predicted octanol–water partition coefficient (Wildman–Crippen LogP) is 1.35. The van der Waals surface area contributed by atoms with Crippen LogP contribution in [0.5, 0.6) is 5.75 Å². The van der Waals surface area contributed by atoms with Gasteiger partial charge in [0, 0.05) is 6.07 Å². The lowest BCUT2D eigenvalue weighted by Crippen LogP contribution is -2.40. The number of methoxy groups -OCH3 is 1. The first-order valence-corrected chi connectivity index (χ1v) is 6.04. The monoisotopic (exact) mass is 282 g/mol. The Morgan fingerprint density at radius 1 is 1.45 bits per heavy atom. The summed E-state index contributed by atoms with van der Waals surface area (Å²) in [5, 5.41) is 13.8. The van der Waals surface area contributed by atoms with Crippen molar-refractivity contribution in [2.24, 2.45) is 0 Å². The molecule has 0 spiro atoms. The van der Waals surface area contributed by atoms with Crippen LogP contribution in [0.1, 0.15) is 11.1 Å². The van der Waals surface area contributed by atoms with Gasteiger partial charge < -0.3 is 14.8 Å². The molecule has 7 heteroatoms. The van der Waals surface area contributed by atoms with Crippen LogP contribution in [0.15, 0.2) is 12.1 Å². The molecule has 0 radical (unpaired) electrons. The molecule has 0 heterocycles. The number of carbonyl (C=O) groups excluding carboxylic acids is 1. The topological polar surface area (TPSA) is 90.7 Å². The minimum atomic E-state index is -0.680. The molecule has 1 N–H and O–H groups in total. The van der Waals surface area contributed by atoms with Crippen LogP contribution in [0.25, 0.3) is 0 Å². The summed E-state index contributed by atoms with van der Waals surface area (Å²) in [5.41, 5.74) is 1.32. The molecule has 0 saturated carbocycles. The van der Waals surface area contributed by atoms with E-state index in [1.165, 1.54) is 13.2 Å². The van der Waals surface area contributed by atoms with Gasteiger partial charge in [0.1, 0.15) is 12.6 Å². The number of nitrogens with one attached hydrogen (secondary N) is 1. The van der Waals surface area contributed by atoms with Crippen LogP contribution >= 0.6 is 0 Å². The zero-order valence-electron chi connectivity index (χ0n) is 11.9. The zero-order chi connectivity index (χ0) is 15.3. The summed E-state index contributed by atoms with van der Waals surface area (Å²) in [5.74, 6) is -0.315. The average molecular weight is 282 g/mol. The van der Waals surface area contributed by atoms with Gasteiger partial charge in [-0.15, -0.1) is 0 Å². The lowest BCUT2D eigenvalue weighted by molar-refractivity contribution is -0.386. The highest BCUT2D eigenvalue weighted by atomic mass is 16.6. The van der Waals surface area contributed by atoms with Crippen LogP contribution in [-0.4, -0.2) is 37.7 Å². The van der Waals surface area contributed by atoms with Crippen LogP contribution in [0.4, 0.5) is 5.69 Å². The van der Waals surface area contributed by atoms with Crippen molar-refractivity contribution in [2.75, 3.05) is 20.8 Å². The molecular weight excluding hydrogens is 264 g/mol. The fourth-order valence-electron chi connectivity index (χ4n) is 1.83. The van der Waals surface area contributed by atoms with E-state index in [0.717, 1.165) is 5.56 Å². The fourth-order valence-corrected chi connectivity index (χ4v) is 1.83. The zero-order valence-corrected chi connectivity index (χ0v) is 11.9. The van der Waals surface area contributed by atoms with E-state index in [2.05, 4.69) is 10.1 Å². The minimum Gasteiger partial charge on any atom is -0.484 e. The summed E-state index contributed by atoms with van der Waals surface area (Å²) in [6, 6.07) is 2.55. The van der Waals surface area contributed by atoms with Crippen LogP contribution in [-0.2, 0) is 9.53 Å². The molecule has 0 bridgehead atoms. The van der Waals surface area contributed by atoms with Gasteiger partial charge in [0.25, 0.3) is 0 Å². The van der Waals surface area contributed by atoms with E-state index in [4.69, 9.17) is 4.74 Å². The normalized spacial score (nSPS) is 11.8. The van der Waals surface area contributed by atoms with Crippen molar-refractivity contribution in [1.29, 1.82) is 0 Å². The summed E-state index contributed by atoms with van der Waals surface area (Å²) in [4.78, 5) is 22.0. The lowest BCUT2D eigenvalue weighted by Gasteiger charge is -2.16. The molecule has 0 aliphatic heterocycles. The van der Waals surface area contributed by atoms with E-state index in [1.807, 2.05) is 0 Å². The lowest BCUT2D eigenvalue weighted by atomic mass is 10.1. The van der Waals surface area contributed by atoms with Crippen LogP contribution in [0, 0.1) is 24.0 Å². The number of benzene rings is 1. The van der Waals surface area contributed by atoms with Crippen molar-refractivity contribution < 1.29 is 19.2 Å². The third-order valence-corrected chi connectivity index (χ3v) is 2.82. The number of esters is 1. The Morgan fingerprint density at radius 3 is 2.60 bits per heavy atom. The molecule has 7 nitrogen and oxygen atoms in total. The van der Waals surface area contributed by atoms with Gasteiger partial charge in [-0.1, -0.05) is 6.07 Å². The summed E-state index contributed by atoms with van der Waals surface area (Å²) < 4.78 is 10.1. The largest absolute Gasteiger partial charge is 0.484 e. The number of aryl methyl sites for hydroxylation is 2. The van der Waals surface area contributed by atoms with E-state index < -0.39 is 16.9 Å². The van der Waals surface area contributed by atoms with E-state index in [9.17, 15) is 14.9 Å². The van der Waals surface area contributed by atoms with Crippen molar-refractivity contribution >= 4 is 11.7 Å². The third kappa shape index (κ3) is 3.67. The highest BCUT2D eigenvalue weighted by molar-refractivity contribution is 5.75. The molecule has 0 amide bonds. The minimum absolute atomic E-state index is 0.0477. The standard InChI is InChI=1S/C13H18N2O5/c1-8-5-9(2)12(11(6-8)15(17)18)20-7-10(14-3)13(16)19-4/h5-6,10,14H,7H2,1-4H3. The second-order valence-electron chi connectivity index (χ2n) is 4.36. The van der Waals surface area contributed by atoms with Gasteiger partial charge in [0.2, 0.25) is 0 Å². The second-order valence-corrected chi connectivity index (χ2v) is 4.36. The van der Waals surface area contributed by atoms with E-state index in [0.29, 0.717) is 5.56 Å². The van der Waals surface area contributed by atoms with Crippen molar-refractivity contribution in [3.63, 3.8) is 0 Å². The number of likely N-dealkylation sites (N-methyl/N-ethyl adjacent to an activating group) is 1. The van der Waals surface area contributed by atoms with Gasteiger partial charge in [0.05, 0.1) is 12.0 Å². The maximum atomic E-state index is 11.4. The molecule has 1 aromatic rings. The first kappa shape index (κ1) is 15.9. The number of rotatable bonds is 6. The van der Waals surface area contributed by atoms with E-state index >= 15 is 0 Å². The van der Waals surface area contributed by atoms with Crippen LogP contribution in [0.2, 0.25) is 0 Å². The average Bonchev–Trinajstić information content (AvgIpc) is 2.40. The van der Waals surface area contributed by atoms with Crippen molar-refractivity contribution in [2.45, 2.75) is 19.9 Å². The van der Waals surface area contributed by atoms with Crippen molar-refractivity contribution in [3.05, 3.63) is 33.4 Å². The number of hydrogen-bond donors (Lipinski definition) is 1. The summed E-state index contributed by atoms with van der Waals surface area (Å²) in [6.07, 6.45) is 0. The van der Waals surface area contributed by atoms with Gasteiger partial charge in [-0.3, -0.25) is 14.9 Å². The molecule has 0 aliphatic rings. The smallest absolute Gasteiger partial charge is 0.326 e. The maximum absolute atomic E-state index is 11.4. The maximum Gasteiger partial charge on any atom is 0.326 e. The van der Waals surface area contributed by atoms with Gasteiger partial charge in [-0.05, 0) is 32.0 Å². The molecule has 1 aromatic carbocycles. The van der Waals surface area contributed by atoms with Crippen LogP contribution in [0.3, 0.4) is 0 Å². The SMILES string of the molecule is CNC(COc1c(C)cc(C)cc1[N+](=O)[O-])C(=O)OC. The van der Waals surface area contributed by atoms with Crippen LogP contribution < -0.4 is 10.1 Å². The number of nitrogens with zero attached hydrogens (tertiary/aromatic N) is 1. The Labute approximate surface area is 117 Å². The highest BCUT2D eigenvalue weighted by Gasteiger charge is 2.22. The number of nitro groups is 1. The number of nitro benzene ring substituents is 1. The van der Waals surface area contributed by atoms with E-state index in [1.54, 1.807) is 27.0 Å².